The highest BCUT2D eigenvalue weighted by molar-refractivity contribution is 6.06. The minimum Gasteiger partial charge on any atom is -0.336 e. The Morgan fingerprint density at radius 2 is 1.62 bits per heavy atom. The molecule has 176 valence electrons. The van der Waals surface area contributed by atoms with Crippen molar-refractivity contribution >= 4 is 29.3 Å². The van der Waals surface area contributed by atoms with Crippen LogP contribution in [0.4, 0.5) is 22.1 Å². The van der Waals surface area contributed by atoms with E-state index in [9.17, 15) is 9.59 Å². The Hall–Kier alpha value is -3.85. The number of rotatable bonds is 6. The predicted molar refractivity (Wildman–Crippen MR) is 131 cm³/mol. The summed E-state index contributed by atoms with van der Waals surface area (Å²) in [6.45, 7) is 7.64. The monoisotopic (exact) mass is 459 g/mol. The third-order valence-corrected chi connectivity index (χ3v) is 6.10. The topological polar surface area (TPSA) is 94.6 Å². The van der Waals surface area contributed by atoms with E-state index in [1.54, 1.807) is 36.4 Å². The fourth-order valence-corrected chi connectivity index (χ4v) is 3.93. The summed E-state index contributed by atoms with van der Waals surface area (Å²) in [6.07, 6.45) is 3.79. The molecule has 0 bridgehead atoms. The zero-order valence-corrected chi connectivity index (χ0v) is 19.5. The molecule has 1 unspecified atom stereocenters. The van der Waals surface area contributed by atoms with Crippen LogP contribution in [0, 0.1) is 0 Å². The van der Waals surface area contributed by atoms with Gasteiger partial charge < -0.3 is 10.2 Å². The van der Waals surface area contributed by atoms with Gasteiger partial charge in [-0.15, -0.1) is 0 Å². The molecule has 3 aromatic rings. The molecular weight excluding hydrogens is 430 g/mol. The van der Waals surface area contributed by atoms with Crippen LogP contribution in [0.5, 0.6) is 0 Å². The molecule has 0 radical (unpaired) electrons. The number of urea groups is 1. The third-order valence-electron chi connectivity index (χ3n) is 6.10. The second kappa shape index (κ2) is 10.8. The SMILES string of the molecule is CCC(C)N1CCN(C(=O)c2ccc(NC(=O)N(c3ccccc3)c3ncncn3)cc2)CC1. The lowest BCUT2D eigenvalue weighted by Crippen LogP contribution is -2.51. The fourth-order valence-electron chi connectivity index (χ4n) is 3.93. The molecule has 0 spiro atoms. The first-order chi connectivity index (χ1) is 16.6. The number of nitrogens with zero attached hydrogens (tertiary/aromatic N) is 6. The van der Waals surface area contributed by atoms with Gasteiger partial charge in [0, 0.05) is 43.5 Å². The molecule has 1 saturated heterocycles. The third kappa shape index (κ3) is 5.37. The summed E-state index contributed by atoms with van der Waals surface area (Å²) < 4.78 is 0. The van der Waals surface area contributed by atoms with Gasteiger partial charge >= 0.3 is 6.03 Å². The normalized spacial score (nSPS) is 14.9. The first-order valence-electron chi connectivity index (χ1n) is 11.5. The van der Waals surface area contributed by atoms with Gasteiger partial charge in [0.15, 0.2) is 0 Å². The van der Waals surface area contributed by atoms with Crippen molar-refractivity contribution in [1.82, 2.24) is 24.8 Å². The van der Waals surface area contributed by atoms with Crippen molar-refractivity contribution in [1.29, 1.82) is 0 Å². The molecule has 1 atom stereocenters. The maximum Gasteiger partial charge on any atom is 0.333 e. The second-order valence-electron chi connectivity index (χ2n) is 8.20. The molecule has 2 heterocycles. The molecule has 34 heavy (non-hydrogen) atoms. The summed E-state index contributed by atoms with van der Waals surface area (Å²) in [5.41, 5.74) is 1.79. The lowest BCUT2D eigenvalue weighted by molar-refractivity contribution is 0.0579. The van der Waals surface area contributed by atoms with E-state index in [2.05, 4.69) is 39.0 Å². The summed E-state index contributed by atoms with van der Waals surface area (Å²) in [6, 6.07) is 16.2. The van der Waals surface area contributed by atoms with Crippen molar-refractivity contribution in [2.75, 3.05) is 36.4 Å². The van der Waals surface area contributed by atoms with Crippen LogP contribution in [-0.4, -0.2) is 68.9 Å². The van der Waals surface area contributed by atoms with Crippen molar-refractivity contribution in [3.63, 3.8) is 0 Å². The smallest absolute Gasteiger partial charge is 0.333 e. The maximum atomic E-state index is 13.1. The summed E-state index contributed by atoms with van der Waals surface area (Å²) in [4.78, 5) is 43.8. The number of carbonyl (C=O) groups is 2. The lowest BCUT2D eigenvalue weighted by atomic mass is 10.1. The zero-order valence-electron chi connectivity index (χ0n) is 19.5. The first-order valence-corrected chi connectivity index (χ1v) is 11.5. The van der Waals surface area contributed by atoms with Crippen LogP contribution in [0.2, 0.25) is 0 Å². The van der Waals surface area contributed by atoms with E-state index in [0.29, 0.717) is 23.0 Å². The van der Waals surface area contributed by atoms with Gasteiger partial charge in [-0.25, -0.2) is 24.6 Å². The number of anilines is 3. The van der Waals surface area contributed by atoms with Gasteiger partial charge in [0.1, 0.15) is 12.7 Å². The van der Waals surface area contributed by atoms with Crippen LogP contribution in [-0.2, 0) is 0 Å². The average Bonchev–Trinajstić information content (AvgIpc) is 2.90. The quantitative estimate of drug-likeness (QED) is 0.603. The summed E-state index contributed by atoms with van der Waals surface area (Å²) in [5.74, 6) is 0.222. The van der Waals surface area contributed by atoms with E-state index in [-0.39, 0.29) is 11.9 Å². The maximum absolute atomic E-state index is 13.1. The standard InChI is InChI=1S/C25H29N7O2/c1-3-19(2)30-13-15-31(16-14-30)23(33)20-9-11-21(12-10-20)29-25(34)32(22-7-5-4-6-8-22)24-27-17-26-18-28-24/h4-12,17-19H,3,13-16H2,1-2H3,(H,29,34). The number of amides is 3. The fraction of sp³-hybridized carbons (Fsp3) is 0.320. The van der Waals surface area contributed by atoms with Gasteiger partial charge in [-0.1, -0.05) is 25.1 Å². The van der Waals surface area contributed by atoms with Gasteiger partial charge in [0.05, 0.1) is 5.69 Å². The Kier molecular flexibility index (Phi) is 7.44. The number of para-hydroxylation sites is 1. The molecule has 2 aromatic carbocycles. The van der Waals surface area contributed by atoms with E-state index >= 15 is 0 Å². The highest BCUT2D eigenvalue weighted by Gasteiger charge is 2.24. The number of aromatic nitrogens is 3. The number of carbonyl (C=O) groups excluding carboxylic acids is 2. The Morgan fingerprint density at radius 1 is 0.971 bits per heavy atom. The van der Waals surface area contributed by atoms with E-state index < -0.39 is 6.03 Å². The van der Waals surface area contributed by atoms with Crippen LogP contribution >= 0.6 is 0 Å². The Labute approximate surface area is 199 Å². The summed E-state index contributed by atoms with van der Waals surface area (Å²) >= 11 is 0. The summed E-state index contributed by atoms with van der Waals surface area (Å²) in [7, 11) is 0. The minimum atomic E-state index is -0.419. The first kappa shape index (κ1) is 23.3. The molecule has 0 aliphatic carbocycles. The van der Waals surface area contributed by atoms with Gasteiger partial charge in [-0.3, -0.25) is 9.69 Å². The zero-order chi connectivity index (χ0) is 23.9. The largest absolute Gasteiger partial charge is 0.336 e. The Bertz CT molecular complexity index is 1050. The van der Waals surface area contributed by atoms with Crippen molar-refractivity contribution in [3.8, 4) is 0 Å². The summed E-state index contributed by atoms with van der Waals surface area (Å²) in [5, 5.41) is 2.86. The van der Waals surface area contributed by atoms with Crippen LogP contribution in [0.3, 0.4) is 0 Å². The van der Waals surface area contributed by atoms with E-state index in [1.807, 2.05) is 23.1 Å². The van der Waals surface area contributed by atoms with Gasteiger partial charge in [-0.05, 0) is 49.7 Å². The van der Waals surface area contributed by atoms with E-state index in [4.69, 9.17) is 0 Å². The molecule has 1 N–H and O–H groups in total. The van der Waals surface area contributed by atoms with Crippen molar-refractivity contribution < 1.29 is 9.59 Å². The molecule has 3 amide bonds. The Balaban J connectivity index is 1.42. The molecule has 9 heteroatoms. The molecular formula is C25H29N7O2. The highest BCUT2D eigenvalue weighted by atomic mass is 16.2. The van der Waals surface area contributed by atoms with Gasteiger partial charge in [0.2, 0.25) is 5.95 Å². The van der Waals surface area contributed by atoms with Crippen LogP contribution < -0.4 is 10.2 Å². The molecule has 1 aliphatic heterocycles. The molecule has 1 fully saturated rings. The van der Waals surface area contributed by atoms with E-state index in [0.717, 1.165) is 32.6 Å². The molecule has 4 rings (SSSR count). The predicted octanol–water partition coefficient (Wildman–Crippen LogP) is 3.80. The minimum absolute atomic E-state index is 0.0118. The average molecular weight is 460 g/mol. The number of hydrogen-bond acceptors (Lipinski definition) is 6. The second-order valence-corrected chi connectivity index (χ2v) is 8.20. The van der Waals surface area contributed by atoms with Crippen molar-refractivity contribution in [3.05, 3.63) is 72.8 Å². The molecule has 0 saturated carbocycles. The van der Waals surface area contributed by atoms with Crippen molar-refractivity contribution in [2.24, 2.45) is 0 Å². The van der Waals surface area contributed by atoms with Gasteiger partial charge in [-0.2, -0.15) is 0 Å². The van der Waals surface area contributed by atoms with Crippen LogP contribution in [0.15, 0.2) is 67.3 Å². The van der Waals surface area contributed by atoms with Crippen molar-refractivity contribution in [2.45, 2.75) is 26.3 Å². The molecule has 1 aliphatic rings. The Morgan fingerprint density at radius 3 is 2.24 bits per heavy atom. The molecule has 9 nitrogen and oxygen atoms in total. The van der Waals surface area contributed by atoms with Crippen LogP contribution in [0.25, 0.3) is 0 Å². The van der Waals surface area contributed by atoms with Crippen LogP contribution in [0.1, 0.15) is 30.6 Å². The number of hydrogen-bond donors (Lipinski definition) is 1. The van der Waals surface area contributed by atoms with Gasteiger partial charge in [0.25, 0.3) is 5.91 Å². The number of piperazine rings is 1. The lowest BCUT2D eigenvalue weighted by Gasteiger charge is -2.37. The number of nitrogens with one attached hydrogen (secondary N) is 1. The molecule has 1 aromatic heterocycles. The highest BCUT2D eigenvalue weighted by Crippen LogP contribution is 2.23. The van der Waals surface area contributed by atoms with E-state index in [1.165, 1.54) is 17.6 Å². The number of benzene rings is 2.